The molecular formula is C58H60B5N5O. The Hall–Kier alpha value is -7.38. The minimum absolute atomic E-state index is 0.255. The smallest absolute Gasteiger partial charge is 0.227 e. The second-order valence-electron chi connectivity index (χ2n) is 17.5. The first kappa shape index (κ1) is 49.5. The fourth-order valence-corrected chi connectivity index (χ4v) is 9.34. The van der Waals surface area contributed by atoms with E-state index < -0.39 is 0 Å². The molecule has 6 aromatic rings. The molecule has 6 nitrogen and oxygen atoms in total. The summed E-state index contributed by atoms with van der Waals surface area (Å²) in [6, 6.07) is 21.4. The Balaban J connectivity index is 1.37. The van der Waals surface area contributed by atoms with Crippen molar-refractivity contribution in [3.8, 4) is 22.6 Å². The van der Waals surface area contributed by atoms with E-state index in [1.54, 1.807) is 12.2 Å². The van der Waals surface area contributed by atoms with Crippen molar-refractivity contribution in [3.63, 3.8) is 0 Å². The van der Waals surface area contributed by atoms with Gasteiger partial charge in [-0.2, -0.15) is 0 Å². The Kier molecular flexibility index (Phi) is 15.9. The van der Waals surface area contributed by atoms with Gasteiger partial charge in [-0.1, -0.05) is 182 Å². The molecule has 0 unspecified atom stereocenters. The van der Waals surface area contributed by atoms with Crippen molar-refractivity contribution in [1.29, 1.82) is 0 Å². The van der Waals surface area contributed by atoms with E-state index in [1.165, 1.54) is 27.7 Å². The molecule has 0 aliphatic heterocycles. The lowest BCUT2D eigenvalue weighted by molar-refractivity contribution is 0.618. The monoisotopic (exact) mass is 898 g/mol. The Morgan fingerprint density at radius 3 is 2.13 bits per heavy atom. The zero-order valence-electron chi connectivity index (χ0n) is 41.7. The molecule has 0 spiro atoms. The third-order valence-electron chi connectivity index (χ3n) is 12.8. The van der Waals surface area contributed by atoms with Gasteiger partial charge in [-0.3, -0.25) is 0 Å². The average molecular weight is 897 g/mol. The fourth-order valence-electron chi connectivity index (χ4n) is 9.34. The summed E-state index contributed by atoms with van der Waals surface area (Å²) < 4.78 is 8.93. The highest BCUT2D eigenvalue weighted by Crippen LogP contribution is 2.52. The van der Waals surface area contributed by atoms with E-state index in [-0.39, 0.29) is 5.41 Å². The Labute approximate surface area is 413 Å². The predicted molar refractivity (Wildman–Crippen MR) is 311 cm³/mol. The van der Waals surface area contributed by atoms with Gasteiger partial charge in [0.2, 0.25) is 5.89 Å². The van der Waals surface area contributed by atoms with Crippen molar-refractivity contribution < 1.29 is 4.42 Å². The Morgan fingerprint density at radius 1 is 0.754 bits per heavy atom. The summed E-state index contributed by atoms with van der Waals surface area (Å²) >= 11 is 0. The van der Waals surface area contributed by atoms with Crippen LogP contribution in [0, 0.1) is 0 Å². The maximum absolute atomic E-state index is 6.59. The second kappa shape index (κ2) is 22.2. The van der Waals surface area contributed by atoms with Crippen LogP contribution in [0.4, 0.5) is 0 Å². The number of hydrogen-bond donors (Lipinski definition) is 0. The van der Waals surface area contributed by atoms with Crippen molar-refractivity contribution in [2.45, 2.75) is 53.5 Å². The number of hydrogen-bond acceptors (Lipinski definition) is 5. The lowest BCUT2D eigenvalue weighted by atomic mass is 9.67. The highest BCUT2D eigenvalue weighted by molar-refractivity contribution is 6.62. The standard InChI is InChI=1S/C58H60B5N5O/c1-12-16-19-27-47(61-9)56-66-54(38(14-3)25-22-32-59)65-55(67-56)41(36-60-8)33-37(5)68-50(15-4)44(42(26-17-13-2)53(68)63-11)35-48(62-10)40-28-29-43-46(34-40)58(6,7)45-30-31-49-52(51(43)45)69-57(64-49)39-23-20-18-21-24-39/h12-36,60-63H,1-4,59H2,5-11H3/b19-16-,26-17-,32-22-,37-33+,38-25+,41-36+,47-27-,48-35-. The van der Waals surface area contributed by atoms with Crippen molar-refractivity contribution in [3.05, 3.63) is 211 Å². The molecule has 1 aliphatic carbocycles. The minimum atomic E-state index is -0.255. The average Bonchev–Trinajstić information content (AvgIpc) is 4.01. The molecule has 1 aliphatic rings. The quantitative estimate of drug-likeness (QED) is 0.0598. The van der Waals surface area contributed by atoms with E-state index in [0.29, 0.717) is 23.4 Å². The zero-order chi connectivity index (χ0) is 49.2. The second-order valence-corrected chi connectivity index (χ2v) is 17.5. The highest BCUT2D eigenvalue weighted by Gasteiger charge is 2.38. The molecule has 0 saturated heterocycles. The first-order valence-corrected chi connectivity index (χ1v) is 24.2. The van der Waals surface area contributed by atoms with E-state index in [4.69, 9.17) is 24.4 Å². The van der Waals surface area contributed by atoms with Crippen LogP contribution in [0.5, 0.6) is 0 Å². The molecule has 0 bridgehead atoms. The molecule has 7 rings (SSSR count). The van der Waals surface area contributed by atoms with Crippen molar-refractivity contribution in [1.82, 2.24) is 24.5 Å². The minimum Gasteiger partial charge on any atom is -0.435 e. The van der Waals surface area contributed by atoms with Crippen LogP contribution in [-0.2, 0) is 5.41 Å². The van der Waals surface area contributed by atoms with Crippen LogP contribution in [0.15, 0.2) is 164 Å². The molecule has 0 fully saturated rings. The predicted octanol–water partition coefficient (Wildman–Crippen LogP) is 11.4. The van der Waals surface area contributed by atoms with Crippen LogP contribution in [0.1, 0.15) is 71.8 Å². The molecule has 3 heterocycles. The SMILES string of the molecule is B/C=C\C=C(/C=C)c1nc(/C(BC)=C/C=C\C=C)nc(C(=C/BC)/C=C(\C)n2c(BC)c(/C=C\C=C)c(/C=C(\BC)c3ccc4c(c3)C(C)(C)c3ccc5nc(-c6ccccc6)oc5c3-4)c2C=C)n1. The van der Waals surface area contributed by atoms with Gasteiger partial charge in [0.1, 0.15) is 20.6 Å². The van der Waals surface area contributed by atoms with Crippen molar-refractivity contribution in [2.75, 3.05) is 0 Å². The van der Waals surface area contributed by atoms with Crippen LogP contribution < -0.4 is 5.59 Å². The third kappa shape index (κ3) is 9.96. The van der Waals surface area contributed by atoms with Gasteiger partial charge in [0.15, 0.2) is 44.9 Å². The summed E-state index contributed by atoms with van der Waals surface area (Å²) in [6.45, 7) is 31.9. The van der Waals surface area contributed by atoms with Crippen molar-refractivity contribution >= 4 is 99.7 Å². The van der Waals surface area contributed by atoms with Crippen LogP contribution >= 0.6 is 0 Å². The summed E-state index contributed by atoms with van der Waals surface area (Å²) in [4.78, 5) is 20.2. The van der Waals surface area contributed by atoms with E-state index in [0.717, 1.165) is 96.1 Å². The molecule has 0 saturated carbocycles. The van der Waals surface area contributed by atoms with Gasteiger partial charge in [-0.15, -0.1) is 12.0 Å². The molecule has 0 amide bonds. The lowest BCUT2D eigenvalue weighted by Crippen LogP contribution is -2.24. The van der Waals surface area contributed by atoms with Crippen LogP contribution in [0.2, 0.25) is 27.3 Å². The molecule has 0 radical (unpaired) electrons. The largest absolute Gasteiger partial charge is 0.435 e. The van der Waals surface area contributed by atoms with E-state index in [1.807, 2.05) is 92.8 Å². The maximum atomic E-state index is 6.59. The first-order chi connectivity index (χ1) is 33.5. The summed E-state index contributed by atoms with van der Waals surface area (Å²) in [6.07, 6.45) is 26.0. The Bertz CT molecular complexity index is 3230. The normalized spacial score (nSPS) is 14.1. The summed E-state index contributed by atoms with van der Waals surface area (Å²) in [5.41, 5.74) is 17.7. The summed E-state index contributed by atoms with van der Waals surface area (Å²) in [5, 5.41) is 0. The number of fused-ring (bicyclic) bond motifs is 5. The highest BCUT2D eigenvalue weighted by atomic mass is 16.3. The number of benzene rings is 3. The van der Waals surface area contributed by atoms with Crippen LogP contribution in [0.3, 0.4) is 0 Å². The maximum Gasteiger partial charge on any atom is 0.227 e. The van der Waals surface area contributed by atoms with E-state index in [2.05, 4.69) is 133 Å². The first-order valence-electron chi connectivity index (χ1n) is 24.2. The number of allylic oxidation sites excluding steroid dienone is 13. The number of aromatic nitrogens is 5. The van der Waals surface area contributed by atoms with Crippen LogP contribution in [0.25, 0.3) is 79.7 Å². The van der Waals surface area contributed by atoms with Gasteiger partial charge in [0.25, 0.3) is 0 Å². The van der Waals surface area contributed by atoms with Gasteiger partial charge < -0.3 is 8.98 Å². The molecule has 3 aromatic carbocycles. The molecule has 0 atom stereocenters. The lowest BCUT2D eigenvalue weighted by Gasteiger charge is -2.22. The topological polar surface area (TPSA) is 69.6 Å². The zero-order valence-corrected chi connectivity index (χ0v) is 41.7. The number of rotatable bonds is 19. The number of nitrogens with zero attached hydrogens (tertiary/aromatic N) is 5. The Morgan fingerprint density at radius 2 is 1.48 bits per heavy atom. The molecule has 11 heteroatoms. The molecule has 338 valence electrons. The summed E-state index contributed by atoms with van der Waals surface area (Å²) in [5.74, 6) is 6.56. The van der Waals surface area contributed by atoms with Crippen LogP contribution in [-0.4, -0.2) is 61.5 Å². The molecular weight excluding hydrogens is 837 g/mol. The number of oxazole rings is 1. The van der Waals surface area contributed by atoms with Gasteiger partial charge in [0.05, 0.1) is 5.69 Å². The third-order valence-corrected chi connectivity index (χ3v) is 12.8. The van der Waals surface area contributed by atoms with Gasteiger partial charge in [0, 0.05) is 38.9 Å². The van der Waals surface area contributed by atoms with Crippen molar-refractivity contribution in [2.24, 2.45) is 0 Å². The van der Waals surface area contributed by atoms with E-state index in [9.17, 15) is 0 Å². The van der Waals surface area contributed by atoms with Gasteiger partial charge in [-0.05, 0) is 76.2 Å². The summed E-state index contributed by atoms with van der Waals surface area (Å²) in [7, 11) is 5.09. The van der Waals surface area contributed by atoms with E-state index >= 15 is 0 Å². The molecule has 0 N–H and O–H groups in total. The van der Waals surface area contributed by atoms with Gasteiger partial charge >= 0.3 is 0 Å². The molecule has 69 heavy (non-hydrogen) atoms. The molecule has 3 aromatic heterocycles. The van der Waals surface area contributed by atoms with Gasteiger partial charge in [-0.25, -0.2) is 19.9 Å². The fraction of sp³-hybridized carbons (Fsp3) is 0.138.